The van der Waals surface area contributed by atoms with Crippen LogP contribution in [0.25, 0.3) is 10.9 Å². The topological polar surface area (TPSA) is 64.7 Å². The van der Waals surface area contributed by atoms with Gasteiger partial charge in [0.2, 0.25) is 0 Å². The van der Waals surface area contributed by atoms with Crippen molar-refractivity contribution in [2.75, 3.05) is 53.0 Å². The van der Waals surface area contributed by atoms with Gasteiger partial charge in [-0.2, -0.15) is 0 Å². The van der Waals surface area contributed by atoms with Crippen LogP contribution in [-0.4, -0.2) is 68.8 Å². The molecule has 1 fully saturated rings. The van der Waals surface area contributed by atoms with Crippen LogP contribution in [0.5, 0.6) is 0 Å². The highest BCUT2D eigenvalue weighted by molar-refractivity contribution is 5.86. The summed E-state index contributed by atoms with van der Waals surface area (Å²) < 4.78 is 5.19. The fourth-order valence-electron chi connectivity index (χ4n) is 4.06. The number of para-hydroxylation sites is 1. The predicted octanol–water partition coefficient (Wildman–Crippen LogP) is 2.93. The Morgan fingerprint density at radius 3 is 2.86 bits per heavy atom. The number of fused-ring (bicyclic) bond motifs is 1. The minimum absolute atomic E-state index is 0.681. The van der Waals surface area contributed by atoms with E-state index in [0.29, 0.717) is 5.92 Å². The Labute approximate surface area is 175 Å². The number of methoxy groups -OCH3 is 1. The third-order valence-corrected chi connectivity index (χ3v) is 5.87. The lowest BCUT2D eigenvalue weighted by Gasteiger charge is -2.31. The molecule has 3 N–H and O–H groups in total. The molecule has 1 saturated heterocycles. The second kappa shape index (κ2) is 11.2. The van der Waals surface area contributed by atoms with Crippen LogP contribution in [0.3, 0.4) is 0 Å². The number of H-pyrrole nitrogens is 1. The van der Waals surface area contributed by atoms with Crippen LogP contribution >= 0.6 is 0 Å². The summed E-state index contributed by atoms with van der Waals surface area (Å²) in [5.74, 6) is 1.62. The van der Waals surface area contributed by atoms with Gasteiger partial charge in [-0.3, -0.25) is 4.99 Å². The van der Waals surface area contributed by atoms with E-state index in [2.05, 4.69) is 58.8 Å². The Kier molecular flexibility index (Phi) is 8.38. The summed E-state index contributed by atoms with van der Waals surface area (Å²) in [6.45, 7) is 11.1. The van der Waals surface area contributed by atoms with Crippen LogP contribution in [-0.2, 0) is 11.2 Å². The Bertz CT molecular complexity index is 777. The minimum Gasteiger partial charge on any atom is -0.383 e. The molecular formula is C23H37N5O. The molecule has 1 aromatic carbocycles. The molecule has 6 nitrogen and oxygen atoms in total. The van der Waals surface area contributed by atoms with E-state index in [9.17, 15) is 0 Å². The molecule has 160 valence electrons. The monoisotopic (exact) mass is 399 g/mol. The molecule has 1 aromatic heterocycles. The van der Waals surface area contributed by atoms with Crippen LogP contribution < -0.4 is 10.6 Å². The largest absolute Gasteiger partial charge is 0.383 e. The van der Waals surface area contributed by atoms with Crippen molar-refractivity contribution in [3.8, 4) is 0 Å². The molecule has 6 heteroatoms. The van der Waals surface area contributed by atoms with Crippen molar-refractivity contribution >= 4 is 16.9 Å². The number of likely N-dealkylation sites (tertiary alicyclic amines) is 1. The van der Waals surface area contributed by atoms with Crippen LogP contribution in [0.2, 0.25) is 0 Å². The molecule has 2 heterocycles. The van der Waals surface area contributed by atoms with Gasteiger partial charge in [-0.1, -0.05) is 18.2 Å². The number of aryl methyl sites for hydroxylation is 1. The first-order chi connectivity index (χ1) is 14.2. The Morgan fingerprint density at radius 2 is 2.10 bits per heavy atom. The molecule has 0 radical (unpaired) electrons. The summed E-state index contributed by atoms with van der Waals surface area (Å²) in [4.78, 5) is 10.8. The number of aromatic amines is 1. The van der Waals surface area contributed by atoms with E-state index >= 15 is 0 Å². The summed E-state index contributed by atoms with van der Waals surface area (Å²) in [5, 5.41) is 8.23. The quantitative estimate of drug-likeness (QED) is 0.448. The molecule has 0 saturated carbocycles. The normalized spacial score (nSPS) is 16.4. The third kappa shape index (κ3) is 6.21. The fraction of sp³-hybridized carbons (Fsp3) is 0.609. The number of rotatable bonds is 9. The summed E-state index contributed by atoms with van der Waals surface area (Å²) in [7, 11) is 1.77. The average molecular weight is 400 g/mol. The molecule has 2 aromatic rings. The second-order valence-electron chi connectivity index (χ2n) is 7.99. The lowest BCUT2D eigenvalue weighted by atomic mass is 9.97. The van der Waals surface area contributed by atoms with E-state index in [1.807, 2.05) is 0 Å². The smallest absolute Gasteiger partial charge is 0.191 e. The van der Waals surface area contributed by atoms with Crippen LogP contribution in [0, 0.1) is 12.8 Å². The van der Waals surface area contributed by atoms with Crippen molar-refractivity contribution in [2.45, 2.75) is 33.1 Å². The highest BCUT2D eigenvalue weighted by Gasteiger charge is 2.18. The van der Waals surface area contributed by atoms with Crippen molar-refractivity contribution < 1.29 is 4.74 Å². The van der Waals surface area contributed by atoms with Gasteiger partial charge in [-0.25, -0.2) is 0 Å². The maximum Gasteiger partial charge on any atom is 0.191 e. The Morgan fingerprint density at radius 1 is 1.28 bits per heavy atom. The predicted molar refractivity (Wildman–Crippen MR) is 122 cm³/mol. The van der Waals surface area contributed by atoms with E-state index in [-0.39, 0.29) is 0 Å². The summed E-state index contributed by atoms with van der Waals surface area (Å²) in [6, 6.07) is 6.49. The number of guanidine groups is 1. The maximum atomic E-state index is 5.19. The number of hydrogen-bond acceptors (Lipinski definition) is 3. The van der Waals surface area contributed by atoms with Gasteiger partial charge < -0.3 is 25.3 Å². The summed E-state index contributed by atoms with van der Waals surface area (Å²) in [6.07, 6.45) is 5.56. The first-order valence-electron chi connectivity index (χ1n) is 11.0. The van der Waals surface area contributed by atoms with E-state index in [1.54, 1.807) is 7.11 Å². The van der Waals surface area contributed by atoms with Gasteiger partial charge in [-0.05, 0) is 63.2 Å². The number of nitrogens with one attached hydrogen (secondary N) is 3. The molecule has 3 rings (SSSR count). The molecule has 0 unspecified atom stereocenters. The number of ether oxygens (including phenoxy) is 1. The summed E-state index contributed by atoms with van der Waals surface area (Å²) >= 11 is 0. The molecule has 0 aliphatic carbocycles. The molecule has 1 aliphatic rings. The first kappa shape index (κ1) is 21.7. The van der Waals surface area contributed by atoms with Crippen LogP contribution in [0.15, 0.2) is 29.4 Å². The first-order valence-corrected chi connectivity index (χ1v) is 11.0. The van der Waals surface area contributed by atoms with Gasteiger partial charge in [0, 0.05) is 50.4 Å². The van der Waals surface area contributed by atoms with Gasteiger partial charge in [0.25, 0.3) is 0 Å². The zero-order chi connectivity index (χ0) is 20.5. The standard InChI is InChI=1S/C23H37N5O/c1-4-24-23(27-16-19-9-12-28(13-10-19)14-15-29-3)25-11-8-20-17-26-22-18(2)6-5-7-21(20)22/h5-7,17,19,26H,4,8-16H2,1-3H3,(H2,24,25,27). The van der Waals surface area contributed by atoms with Gasteiger partial charge >= 0.3 is 0 Å². The van der Waals surface area contributed by atoms with Gasteiger partial charge in [-0.15, -0.1) is 0 Å². The molecule has 0 bridgehead atoms. The van der Waals surface area contributed by atoms with E-state index < -0.39 is 0 Å². The fourth-order valence-corrected chi connectivity index (χ4v) is 4.06. The van der Waals surface area contributed by atoms with Gasteiger partial charge in [0.15, 0.2) is 5.96 Å². The van der Waals surface area contributed by atoms with E-state index in [1.165, 1.54) is 34.9 Å². The highest BCUT2D eigenvalue weighted by atomic mass is 16.5. The second-order valence-corrected chi connectivity index (χ2v) is 7.99. The number of hydrogen-bond donors (Lipinski definition) is 3. The zero-order valence-corrected chi connectivity index (χ0v) is 18.3. The van der Waals surface area contributed by atoms with Gasteiger partial charge in [0.05, 0.1) is 6.61 Å². The third-order valence-electron chi connectivity index (χ3n) is 5.87. The average Bonchev–Trinajstić information content (AvgIpc) is 3.16. The minimum atomic E-state index is 0.681. The highest BCUT2D eigenvalue weighted by Crippen LogP contribution is 2.21. The molecule has 29 heavy (non-hydrogen) atoms. The van der Waals surface area contributed by atoms with Crippen molar-refractivity contribution in [2.24, 2.45) is 10.9 Å². The Hall–Kier alpha value is -2.05. The lowest BCUT2D eigenvalue weighted by Crippen LogP contribution is -2.40. The van der Waals surface area contributed by atoms with E-state index in [0.717, 1.165) is 58.3 Å². The number of nitrogens with zero attached hydrogens (tertiary/aromatic N) is 2. The summed E-state index contributed by atoms with van der Waals surface area (Å²) in [5.41, 5.74) is 3.90. The van der Waals surface area contributed by atoms with Crippen molar-refractivity contribution in [3.63, 3.8) is 0 Å². The van der Waals surface area contributed by atoms with Crippen molar-refractivity contribution in [1.82, 2.24) is 20.5 Å². The number of aromatic nitrogens is 1. The van der Waals surface area contributed by atoms with E-state index in [4.69, 9.17) is 9.73 Å². The maximum absolute atomic E-state index is 5.19. The van der Waals surface area contributed by atoms with Crippen molar-refractivity contribution in [1.29, 1.82) is 0 Å². The van der Waals surface area contributed by atoms with Crippen molar-refractivity contribution in [3.05, 3.63) is 35.5 Å². The van der Waals surface area contributed by atoms with Crippen LogP contribution in [0.4, 0.5) is 0 Å². The molecule has 1 aliphatic heterocycles. The zero-order valence-electron chi connectivity index (χ0n) is 18.3. The SMILES string of the molecule is CCNC(=NCC1CCN(CCOC)CC1)NCCc1c[nH]c2c(C)cccc12. The number of piperidine rings is 1. The molecule has 0 amide bonds. The number of aliphatic imine (C=N–C) groups is 1. The van der Waals surface area contributed by atoms with Crippen LogP contribution in [0.1, 0.15) is 30.9 Å². The number of benzene rings is 1. The molecule has 0 atom stereocenters. The lowest BCUT2D eigenvalue weighted by molar-refractivity contribution is 0.121. The van der Waals surface area contributed by atoms with Gasteiger partial charge in [0.1, 0.15) is 0 Å². The molecular weight excluding hydrogens is 362 g/mol. The Balaban J connectivity index is 1.46. The molecule has 0 spiro atoms.